The summed E-state index contributed by atoms with van der Waals surface area (Å²) in [5, 5.41) is 5.34. The minimum absolute atomic E-state index is 0.322. The van der Waals surface area contributed by atoms with Crippen molar-refractivity contribution in [3.63, 3.8) is 0 Å². The second kappa shape index (κ2) is 7.01. The lowest BCUT2D eigenvalue weighted by Crippen LogP contribution is -2.43. The van der Waals surface area contributed by atoms with Gasteiger partial charge in [-0.15, -0.1) is 0 Å². The maximum atomic E-state index is 12.1. The van der Waals surface area contributed by atoms with Gasteiger partial charge >= 0.3 is 11.8 Å². The van der Waals surface area contributed by atoms with Crippen molar-refractivity contribution in [2.24, 2.45) is 0 Å². The molecule has 1 atom stereocenters. The quantitative estimate of drug-likeness (QED) is 0.822. The SMILES string of the molecule is CCN1CCCC1CNC(=O)C(=O)Nc1cccc2nsnc12. The number of carbonyl (C=O) groups is 2. The van der Waals surface area contributed by atoms with Crippen molar-refractivity contribution in [1.82, 2.24) is 19.0 Å². The zero-order valence-corrected chi connectivity index (χ0v) is 13.7. The Hall–Kier alpha value is -2.06. The topological polar surface area (TPSA) is 87.2 Å². The number of benzene rings is 1. The Bertz CT molecular complexity index is 717. The highest BCUT2D eigenvalue weighted by molar-refractivity contribution is 7.00. The van der Waals surface area contributed by atoms with Crippen LogP contribution >= 0.6 is 11.7 Å². The van der Waals surface area contributed by atoms with Gasteiger partial charge in [-0.25, -0.2) is 0 Å². The van der Waals surface area contributed by atoms with E-state index in [1.807, 2.05) is 6.07 Å². The molecule has 0 aliphatic carbocycles. The van der Waals surface area contributed by atoms with E-state index in [2.05, 4.69) is 31.2 Å². The number of hydrogen-bond donors (Lipinski definition) is 2. The number of amides is 2. The monoisotopic (exact) mass is 333 g/mol. The van der Waals surface area contributed by atoms with Crippen LogP contribution in [0.4, 0.5) is 5.69 Å². The van der Waals surface area contributed by atoms with Crippen molar-refractivity contribution in [2.45, 2.75) is 25.8 Å². The van der Waals surface area contributed by atoms with Gasteiger partial charge in [0.05, 0.1) is 17.4 Å². The average Bonchev–Trinajstić information content (AvgIpc) is 3.21. The number of nitrogens with one attached hydrogen (secondary N) is 2. The third kappa shape index (κ3) is 3.48. The molecule has 1 aromatic carbocycles. The molecule has 1 saturated heterocycles. The van der Waals surface area contributed by atoms with E-state index in [0.29, 0.717) is 29.3 Å². The molecule has 2 aromatic rings. The first-order chi connectivity index (χ1) is 11.2. The fourth-order valence-corrected chi connectivity index (χ4v) is 3.47. The highest BCUT2D eigenvalue weighted by Crippen LogP contribution is 2.21. The molecule has 1 aliphatic heterocycles. The molecule has 3 rings (SSSR count). The van der Waals surface area contributed by atoms with Crippen molar-refractivity contribution in [1.29, 1.82) is 0 Å². The van der Waals surface area contributed by atoms with Crippen LogP contribution in [0, 0.1) is 0 Å². The van der Waals surface area contributed by atoms with Crippen LogP contribution in [-0.2, 0) is 9.59 Å². The summed E-state index contributed by atoms with van der Waals surface area (Å²) in [7, 11) is 0. The first-order valence-corrected chi connectivity index (χ1v) is 8.46. The van der Waals surface area contributed by atoms with E-state index in [9.17, 15) is 9.59 Å². The van der Waals surface area contributed by atoms with Crippen LogP contribution in [0.5, 0.6) is 0 Å². The van der Waals surface area contributed by atoms with Crippen LogP contribution in [0.1, 0.15) is 19.8 Å². The van der Waals surface area contributed by atoms with Crippen LogP contribution in [-0.4, -0.2) is 51.1 Å². The lowest BCUT2D eigenvalue weighted by atomic mass is 10.2. The third-order valence-corrected chi connectivity index (χ3v) is 4.69. The number of fused-ring (bicyclic) bond motifs is 1. The molecule has 7 nitrogen and oxygen atoms in total. The summed E-state index contributed by atoms with van der Waals surface area (Å²) >= 11 is 1.07. The van der Waals surface area contributed by atoms with E-state index in [4.69, 9.17) is 0 Å². The van der Waals surface area contributed by atoms with Gasteiger partial charge in [0.1, 0.15) is 11.0 Å². The Morgan fingerprint density at radius 3 is 3.04 bits per heavy atom. The number of likely N-dealkylation sites (N-methyl/N-ethyl adjacent to an activating group) is 1. The van der Waals surface area contributed by atoms with Gasteiger partial charge in [-0.05, 0) is 38.1 Å². The molecule has 0 radical (unpaired) electrons. The van der Waals surface area contributed by atoms with Crippen LogP contribution < -0.4 is 10.6 Å². The first kappa shape index (κ1) is 15.8. The number of anilines is 1. The van der Waals surface area contributed by atoms with E-state index in [1.54, 1.807) is 12.1 Å². The molecule has 2 heterocycles. The zero-order chi connectivity index (χ0) is 16.2. The molecule has 23 heavy (non-hydrogen) atoms. The highest BCUT2D eigenvalue weighted by atomic mass is 32.1. The maximum Gasteiger partial charge on any atom is 0.313 e. The molecule has 1 fully saturated rings. The predicted octanol–water partition coefficient (Wildman–Crippen LogP) is 1.23. The van der Waals surface area contributed by atoms with E-state index in [1.165, 1.54) is 0 Å². The Labute approximate surface area is 138 Å². The number of hydrogen-bond acceptors (Lipinski definition) is 6. The molecule has 2 amide bonds. The van der Waals surface area contributed by atoms with Crippen LogP contribution in [0.2, 0.25) is 0 Å². The predicted molar refractivity (Wildman–Crippen MR) is 89.3 cm³/mol. The average molecular weight is 333 g/mol. The summed E-state index contributed by atoms with van der Waals surface area (Å²) in [6, 6.07) is 5.62. The minimum atomic E-state index is -0.674. The summed E-state index contributed by atoms with van der Waals surface area (Å²) in [5.41, 5.74) is 1.82. The van der Waals surface area contributed by atoms with Gasteiger partial charge in [0.2, 0.25) is 0 Å². The van der Waals surface area contributed by atoms with E-state index in [-0.39, 0.29) is 0 Å². The number of nitrogens with zero attached hydrogens (tertiary/aromatic N) is 3. The molecule has 1 unspecified atom stereocenters. The van der Waals surface area contributed by atoms with E-state index < -0.39 is 11.8 Å². The molecular weight excluding hydrogens is 314 g/mol. The Kier molecular flexibility index (Phi) is 4.82. The molecule has 0 saturated carbocycles. The van der Waals surface area contributed by atoms with Gasteiger partial charge in [-0.1, -0.05) is 13.0 Å². The molecule has 2 N–H and O–H groups in total. The fourth-order valence-electron chi connectivity index (χ4n) is 2.92. The summed E-state index contributed by atoms with van der Waals surface area (Å²) < 4.78 is 8.25. The van der Waals surface area contributed by atoms with Gasteiger partial charge in [0.25, 0.3) is 0 Å². The molecule has 0 spiro atoms. The largest absolute Gasteiger partial charge is 0.346 e. The summed E-state index contributed by atoms with van der Waals surface area (Å²) in [6.45, 7) is 4.63. The van der Waals surface area contributed by atoms with Gasteiger partial charge in [0, 0.05) is 12.6 Å². The summed E-state index contributed by atoms with van der Waals surface area (Å²) in [6.07, 6.45) is 2.19. The van der Waals surface area contributed by atoms with Gasteiger partial charge < -0.3 is 10.6 Å². The van der Waals surface area contributed by atoms with Gasteiger partial charge in [-0.2, -0.15) is 8.75 Å². The highest BCUT2D eigenvalue weighted by Gasteiger charge is 2.24. The van der Waals surface area contributed by atoms with Gasteiger partial charge in [-0.3, -0.25) is 14.5 Å². The van der Waals surface area contributed by atoms with Crippen molar-refractivity contribution in [3.8, 4) is 0 Å². The number of likely N-dealkylation sites (tertiary alicyclic amines) is 1. The van der Waals surface area contributed by atoms with Crippen LogP contribution in [0.3, 0.4) is 0 Å². The van der Waals surface area contributed by atoms with E-state index >= 15 is 0 Å². The van der Waals surface area contributed by atoms with Crippen molar-refractivity contribution in [3.05, 3.63) is 18.2 Å². The molecular formula is C15H19N5O2S. The van der Waals surface area contributed by atoms with Crippen LogP contribution in [0.15, 0.2) is 18.2 Å². The molecule has 0 bridgehead atoms. The molecule has 1 aliphatic rings. The number of carbonyl (C=O) groups excluding carboxylic acids is 2. The van der Waals surface area contributed by atoms with Crippen molar-refractivity contribution < 1.29 is 9.59 Å². The second-order valence-corrected chi connectivity index (χ2v) is 6.05. The zero-order valence-electron chi connectivity index (χ0n) is 12.9. The minimum Gasteiger partial charge on any atom is -0.346 e. The molecule has 1 aromatic heterocycles. The molecule has 122 valence electrons. The van der Waals surface area contributed by atoms with Crippen molar-refractivity contribution in [2.75, 3.05) is 25.0 Å². The summed E-state index contributed by atoms with van der Waals surface area (Å²) in [5.74, 6) is -1.29. The fraction of sp³-hybridized carbons (Fsp3) is 0.467. The Balaban J connectivity index is 1.57. The second-order valence-electron chi connectivity index (χ2n) is 5.53. The van der Waals surface area contributed by atoms with Crippen LogP contribution in [0.25, 0.3) is 11.0 Å². The summed E-state index contributed by atoms with van der Waals surface area (Å²) in [4.78, 5) is 26.4. The normalized spacial score (nSPS) is 18.2. The standard InChI is InChI=1S/C15H19N5O2S/c1-2-20-8-4-5-10(20)9-16-14(21)15(22)17-11-6-3-7-12-13(11)19-23-18-12/h3,6-7,10H,2,4-5,8-9H2,1H3,(H,16,21)(H,17,22). The maximum absolute atomic E-state index is 12.1. The van der Waals surface area contributed by atoms with E-state index in [0.717, 1.165) is 37.7 Å². The first-order valence-electron chi connectivity index (χ1n) is 7.73. The lowest BCUT2D eigenvalue weighted by Gasteiger charge is -2.22. The Morgan fingerprint density at radius 1 is 1.35 bits per heavy atom. The van der Waals surface area contributed by atoms with Crippen molar-refractivity contribution >= 4 is 40.3 Å². The number of rotatable bonds is 4. The third-order valence-electron chi connectivity index (χ3n) is 4.14. The number of aromatic nitrogens is 2. The smallest absolute Gasteiger partial charge is 0.313 e. The Morgan fingerprint density at radius 2 is 2.22 bits per heavy atom. The molecule has 8 heteroatoms. The van der Waals surface area contributed by atoms with Gasteiger partial charge in [0.15, 0.2) is 0 Å². The lowest BCUT2D eigenvalue weighted by molar-refractivity contribution is -0.136.